The molecule has 1 aromatic carbocycles. The predicted molar refractivity (Wildman–Crippen MR) is 195 cm³/mol. The highest BCUT2D eigenvalue weighted by atomic mass is 35.5. The molecule has 51 heavy (non-hydrogen) atoms. The first-order valence-corrected chi connectivity index (χ1v) is 17.5. The van der Waals surface area contributed by atoms with E-state index in [1.165, 1.54) is 4.57 Å². The van der Waals surface area contributed by atoms with Crippen molar-refractivity contribution in [3.63, 3.8) is 0 Å². The van der Waals surface area contributed by atoms with Gasteiger partial charge in [-0.3, -0.25) is 23.9 Å². The average Bonchev–Trinajstić information content (AvgIpc) is 3.87. The molecule has 2 amide bonds. The summed E-state index contributed by atoms with van der Waals surface area (Å²) in [5.41, 5.74) is 4.86. The van der Waals surface area contributed by atoms with Crippen LogP contribution in [0.4, 0.5) is 0 Å². The topological polar surface area (TPSA) is 157 Å². The summed E-state index contributed by atoms with van der Waals surface area (Å²) in [7, 11) is 3.27. The van der Waals surface area contributed by atoms with E-state index < -0.39 is 0 Å². The number of methoxy groups -OCH3 is 1. The highest BCUT2D eigenvalue weighted by molar-refractivity contribution is 6.39. The molecule has 0 unspecified atom stereocenters. The number of aromatic nitrogens is 5. The molecular formula is C36H37Cl2N9O4. The molecule has 7 rings (SSSR count). The minimum atomic E-state index is -0.211. The summed E-state index contributed by atoms with van der Waals surface area (Å²) in [5.74, 6) is 1.16. The second-order valence-corrected chi connectivity index (χ2v) is 13.5. The van der Waals surface area contributed by atoms with Gasteiger partial charge in [0.1, 0.15) is 11.3 Å². The molecule has 2 fully saturated rings. The Morgan fingerprint density at radius 2 is 1.59 bits per heavy atom. The Morgan fingerprint density at radius 3 is 2.27 bits per heavy atom. The van der Waals surface area contributed by atoms with E-state index in [0.717, 1.165) is 18.4 Å². The first-order chi connectivity index (χ1) is 24.7. The molecule has 2 saturated heterocycles. The Bertz CT molecular complexity index is 2200. The van der Waals surface area contributed by atoms with Crippen molar-refractivity contribution in [3.05, 3.63) is 86.6 Å². The fourth-order valence-corrected chi connectivity index (χ4v) is 7.23. The monoisotopic (exact) mass is 729 g/mol. The van der Waals surface area contributed by atoms with Gasteiger partial charge in [0.15, 0.2) is 0 Å². The summed E-state index contributed by atoms with van der Waals surface area (Å²) in [6.07, 6.45) is 6.09. The smallest absolute Gasteiger partial charge is 0.277 e. The number of fused-ring (bicyclic) bond motifs is 1. The molecule has 0 aliphatic carbocycles. The highest BCUT2D eigenvalue weighted by Gasteiger charge is 2.23. The zero-order chi connectivity index (χ0) is 35.6. The largest absolute Gasteiger partial charge is 0.481 e. The Morgan fingerprint density at radius 1 is 0.902 bits per heavy atom. The predicted octanol–water partition coefficient (Wildman–Crippen LogP) is 3.88. The van der Waals surface area contributed by atoms with E-state index in [1.54, 1.807) is 43.2 Å². The number of hydrogen-bond donors (Lipinski definition) is 4. The molecule has 13 nitrogen and oxygen atoms in total. The molecule has 5 aromatic rings. The standard InChI is InChI=1S/C36H37Cl2N9O4/c1-46-29(18-40-17-23-8-11-31(49)43-23)45-47-19-21(14-28(47)36(46)50)34-33(38)25(12-13-41-34)24-4-3-5-26(32(24)37)27-9-6-20(35(44-27)51-2)15-39-16-22-7-10-30(48)42-22/h3-6,9,12-14,19,22-23,39-40H,7-8,10-11,15-18H2,1-2H3,(H,42,48)(H,43,49)/t22-,23-/m0/s1. The fraction of sp³-hybridized carbons (Fsp3) is 0.333. The van der Waals surface area contributed by atoms with Crippen molar-refractivity contribution in [1.82, 2.24) is 45.4 Å². The highest BCUT2D eigenvalue weighted by Crippen LogP contribution is 2.41. The van der Waals surface area contributed by atoms with E-state index in [1.807, 2.05) is 30.3 Å². The van der Waals surface area contributed by atoms with Crippen molar-refractivity contribution in [3.8, 4) is 39.5 Å². The molecule has 0 bridgehead atoms. The molecule has 2 aliphatic rings. The molecule has 0 radical (unpaired) electrons. The van der Waals surface area contributed by atoms with Gasteiger partial charge in [-0.05, 0) is 31.0 Å². The van der Waals surface area contributed by atoms with E-state index in [4.69, 9.17) is 32.9 Å². The number of ether oxygens (including phenoxy) is 1. The van der Waals surface area contributed by atoms with Gasteiger partial charge in [-0.15, -0.1) is 0 Å². The van der Waals surface area contributed by atoms with Crippen LogP contribution in [0.3, 0.4) is 0 Å². The van der Waals surface area contributed by atoms with E-state index in [0.29, 0.717) is 99.9 Å². The van der Waals surface area contributed by atoms with Crippen LogP contribution in [-0.2, 0) is 29.7 Å². The van der Waals surface area contributed by atoms with Gasteiger partial charge in [-0.1, -0.05) is 47.5 Å². The van der Waals surface area contributed by atoms with E-state index in [2.05, 4.69) is 31.3 Å². The maximum atomic E-state index is 13.3. The zero-order valence-corrected chi connectivity index (χ0v) is 29.6. The van der Waals surface area contributed by atoms with Crippen LogP contribution in [0.2, 0.25) is 10.0 Å². The maximum absolute atomic E-state index is 13.3. The van der Waals surface area contributed by atoms with E-state index in [9.17, 15) is 14.4 Å². The Kier molecular flexibility index (Phi) is 10.0. The summed E-state index contributed by atoms with van der Waals surface area (Å²) in [6.45, 7) is 2.13. The molecule has 2 atom stereocenters. The number of nitrogens with zero attached hydrogens (tertiary/aromatic N) is 5. The number of halogens is 2. The van der Waals surface area contributed by atoms with Gasteiger partial charge in [0.25, 0.3) is 5.56 Å². The van der Waals surface area contributed by atoms with Crippen molar-refractivity contribution in [2.24, 2.45) is 7.05 Å². The van der Waals surface area contributed by atoms with Gasteiger partial charge in [-0.2, -0.15) is 5.10 Å². The lowest BCUT2D eigenvalue weighted by Crippen LogP contribution is -2.36. The van der Waals surface area contributed by atoms with Crippen LogP contribution in [0.15, 0.2) is 59.7 Å². The first kappa shape index (κ1) is 34.6. The molecule has 2 aliphatic heterocycles. The van der Waals surface area contributed by atoms with Gasteiger partial charge < -0.3 is 26.0 Å². The quantitative estimate of drug-likeness (QED) is 0.150. The second kappa shape index (κ2) is 14.8. The van der Waals surface area contributed by atoms with Crippen molar-refractivity contribution in [2.75, 3.05) is 20.2 Å². The summed E-state index contributed by atoms with van der Waals surface area (Å²) in [5, 5.41) is 18.1. The zero-order valence-electron chi connectivity index (χ0n) is 28.1. The normalized spacial score (nSPS) is 17.3. The van der Waals surface area contributed by atoms with Crippen molar-refractivity contribution >= 4 is 40.5 Å². The number of carbonyl (C=O) groups is 2. The average molecular weight is 731 g/mol. The summed E-state index contributed by atoms with van der Waals surface area (Å²) >= 11 is 14.1. The number of nitrogens with one attached hydrogen (secondary N) is 4. The third-order valence-corrected chi connectivity index (χ3v) is 10.1. The summed E-state index contributed by atoms with van der Waals surface area (Å²) < 4.78 is 8.70. The third-order valence-electron chi connectivity index (χ3n) is 9.34. The number of pyridine rings is 2. The lowest BCUT2D eigenvalue weighted by Gasteiger charge is -2.15. The summed E-state index contributed by atoms with van der Waals surface area (Å²) in [6, 6.07) is 13.2. The van der Waals surface area contributed by atoms with E-state index >= 15 is 0 Å². The Hall–Kier alpha value is -4.82. The van der Waals surface area contributed by atoms with Crippen LogP contribution < -0.4 is 31.6 Å². The number of rotatable bonds is 12. The molecule has 4 N–H and O–H groups in total. The van der Waals surface area contributed by atoms with Crippen LogP contribution in [0, 0.1) is 0 Å². The van der Waals surface area contributed by atoms with Crippen LogP contribution >= 0.6 is 23.2 Å². The molecule has 0 spiro atoms. The molecule has 6 heterocycles. The minimum Gasteiger partial charge on any atom is -0.481 e. The van der Waals surface area contributed by atoms with Gasteiger partial charge in [-0.25, -0.2) is 9.50 Å². The van der Waals surface area contributed by atoms with Crippen LogP contribution in [-0.4, -0.2) is 68.2 Å². The molecular weight excluding hydrogens is 693 g/mol. The van der Waals surface area contributed by atoms with Gasteiger partial charge in [0.05, 0.1) is 35.1 Å². The van der Waals surface area contributed by atoms with E-state index in [-0.39, 0.29) is 29.5 Å². The van der Waals surface area contributed by atoms with Crippen molar-refractivity contribution in [1.29, 1.82) is 0 Å². The minimum absolute atomic E-state index is 0.0565. The fourth-order valence-electron chi connectivity index (χ4n) is 6.58. The van der Waals surface area contributed by atoms with Gasteiger partial charge >= 0.3 is 0 Å². The van der Waals surface area contributed by atoms with Crippen LogP contribution in [0.5, 0.6) is 5.88 Å². The maximum Gasteiger partial charge on any atom is 0.277 e. The lowest BCUT2D eigenvalue weighted by molar-refractivity contribution is -0.120. The van der Waals surface area contributed by atoms with Gasteiger partial charge in [0, 0.05) is 91.8 Å². The lowest BCUT2D eigenvalue weighted by atomic mass is 10.00. The Balaban J connectivity index is 1.13. The molecule has 15 heteroatoms. The SMILES string of the molecule is COc1nc(-c2cccc(-c3ccnc(-c4cc5c(=O)n(C)c(CNC[C@@H]6CCC(=O)N6)nn5c4)c3Cl)c2Cl)ccc1CNC[C@@H]1CCC(=O)N1. The Labute approximate surface area is 303 Å². The van der Waals surface area contributed by atoms with Crippen LogP contribution in [0.25, 0.3) is 39.2 Å². The van der Waals surface area contributed by atoms with Crippen molar-refractivity contribution in [2.45, 2.75) is 50.9 Å². The number of hydrogen-bond acceptors (Lipinski definition) is 9. The van der Waals surface area contributed by atoms with Crippen molar-refractivity contribution < 1.29 is 14.3 Å². The molecule has 264 valence electrons. The number of carbonyl (C=O) groups excluding carboxylic acids is 2. The third kappa shape index (κ3) is 7.20. The van der Waals surface area contributed by atoms with Gasteiger partial charge in [0.2, 0.25) is 17.7 Å². The van der Waals surface area contributed by atoms with Crippen LogP contribution in [0.1, 0.15) is 37.1 Å². The summed E-state index contributed by atoms with van der Waals surface area (Å²) in [4.78, 5) is 45.7. The first-order valence-electron chi connectivity index (χ1n) is 16.8. The molecule has 4 aromatic heterocycles. The number of benzene rings is 1. The number of amides is 2. The second-order valence-electron chi connectivity index (χ2n) is 12.8. The molecule has 0 saturated carbocycles.